The molecule has 4 N–H and O–H groups in total. The van der Waals surface area contributed by atoms with Gasteiger partial charge < -0.3 is 34.6 Å². The minimum Gasteiger partial charge on any atom is -0.392 e. The largest absolute Gasteiger partial charge is 0.392 e. The minimum absolute atomic E-state index is 0.102. The van der Waals surface area contributed by atoms with Crippen LogP contribution in [0.25, 0.3) is 0 Å². The molecule has 0 aromatic heterocycles. The Morgan fingerprint density at radius 3 is 2.47 bits per heavy atom. The fourth-order valence-corrected chi connectivity index (χ4v) is 10.7. The van der Waals surface area contributed by atoms with Gasteiger partial charge in [0.2, 0.25) is 0 Å². The summed E-state index contributed by atoms with van der Waals surface area (Å²) in [6.07, 6.45) is -0.0296. The van der Waals surface area contributed by atoms with Crippen LogP contribution in [-0.2, 0) is 14.2 Å². The van der Waals surface area contributed by atoms with E-state index in [0.29, 0.717) is 26.0 Å². The van der Waals surface area contributed by atoms with Crippen molar-refractivity contribution in [2.24, 2.45) is 34.5 Å². The maximum Gasteiger partial charge on any atom is 0.136 e. The van der Waals surface area contributed by atoms with Crippen LogP contribution < -0.4 is 0 Å². The quantitative estimate of drug-likeness (QED) is 0.446. The fraction of sp³-hybridized carbons (Fsp3) is 1.00. The van der Waals surface area contributed by atoms with E-state index >= 15 is 0 Å². The van der Waals surface area contributed by atoms with Crippen LogP contribution in [-0.4, -0.2) is 108 Å². The molecule has 1 spiro atoms. The lowest BCUT2D eigenvalue weighted by Crippen LogP contribution is -2.81. The maximum absolute atomic E-state index is 12.8. The number of hydrogen-bond acceptors (Lipinski definition) is 8. The Hall–Kier alpha value is -0.320. The van der Waals surface area contributed by atoms with Gasteiger partial charge in [0.05, 0.1) is 37.1 Å². The molecule has 182 valence electrons. The van der Waals surface area contributed by atoms with Gasteiger partial charge in [-0.05, 0) is 31.7 Å². The van der Waals surface area contributed by atoms with Gasteiger partial charge in [-0.2, -0.15) is 0 Å². The predicted octanol–water partition coefficient (Wildman–Crippen LogP) is -0.383. The Kier molecular flexibility index (Phi) is 4.62. The first-order chi connectivity index (χ1) is 15.2. The maximum atomic E-state index is 12.8. The number of aliphatic hydroxyl groups is 4. The lowest BCUT2D eigenvalue weighted by molar-refractivity contribution is -0.317. The average molecular weight is 454 g/mol. The molecule has 1 heterocycles. The zero-order valence-corrected chi connectivity index (χ0v) is 19.6. The fourth-order valence-electron chi connectivity index (χ4n) is 10.7. The molecule has 7 bridgehead atoms. The molecule has 5 saturated carbocycles. The molecule has 6 rings (SSSR count). The number of likely N-dealkylation sites (tertiary alicyclic amines) is 1. The second-order valence-corrected chi connectivity index (χ2v) is 11.7. The molecule has 8 heteroatoms. The van der Waals surface area contributed by atoms with Crippen molar-refractivity contribution >= 4 is 0 Å². The molecule has 6 fully saturated rings. The highest BCUT2D eigenvalue weighted by Crippen LogP contribution is 2.80. The standard InChI is InChI=1S/C24H39NO7/c1-5-25-10-21(11-30-2)7-6-15(26)23-13-8-12-14(31-3)9-22(28,16(13)17(12)27)24(29,20(23)25)19(32-4)18(21)23/h12-20,26-29H,5-11H2,1-4H3/t12-,13-,14+,15-,16-,17+,18-,19+,20-,21+,22-,23+,24-/m1/s1. The van der Waals surface area contributed by atoms with E-state index in [9.17, 15) is 20.4 Å². The molecule has 8 nitrogen and oxygen atoms in total. The molecule has 13 atom stereocenters. The van der Waals surface area contributed by atoms with Crippen LogP contribution in [0.5, 0.6) is 0 Å². The molecular weight excluding hydrogens is 414 g/mol. The van der Waals surface area contributed by atoms with Gasteiger partial charge in [-0.3, -0.25) is 4.90 Å². The molecule has 0 aromatic carbocycles. The van der Waals surface area contributed by atoms with Gasteiger partial charge in [-0.15, -0.1) is 0 Å². The minimum atomic E-state index is -1.63. The predicted molar refractivity (Wildman–Crippen MR) is 114 cm³/mol. The van der Waals surface area contributed by atoms with E-state index < -0.39 is 46.9 Å². The highest BCUT2D eigenvalue weighted by molar-refractivity contribution is 5.41. The Labute approximate surface area is 189 Å². The van der Waals surface area contributed by atoms with E-state index in [0.717, 1.165) is 13.0 Å². The highest BCUT2D eigenvalue weighted by atomic mass is 16.5. The van der Waals surface area contributed by atoms with Crippen LogP contribution in [0.4, 0.5) is 0 Å². The molecular formula is C24H39NO7. The monoisotopic (exact) mass is 453 g/mol. The van der Waals surface area contributed by atoms with E-state index in [1.165, 1.54) is 0 Å². The number of ether oxygens (including phenoxy) is 3. The van der Waals surface area contributed by atoms with Gasteiger partial charge >= 0.3 is 0 Å². The third kappa shape index (κ3) is 1.99. The summed E-state index contributed by atoms with van der Waals surface area (Å²) in [7, 11) is 4.95. The average Bonchev–Trinajstić information content (AvgIpc) is 3.14. The third-order valence-corrected chi connectivity index (χ3v) is 11.2. The van der Waals surface area contributed by atoms with Crippen LogP contribution in [0.15, 0.2) is 0 Å². The molecule has 0 amide bonds. The Balaban J connectivity index is 1.67. The summed E-state index contributed by atoms with van der Waals surface area (Å²) in [6, 6.07) is -0.442. The zero-order chi connectivity index (χ0) is 22.8. The first kappa shape index (κ1) is 22.2. The van der Waals surface area contributed by atoms with Crippen molar-refractivity contribution in [3.05, 3.63) is 0 Å². The van der Waals surface area contributed by atoms with Crippen LogP contribution in [0.1, 0.15) is 32.6 Å². The smallest absolute Gasteiger partial charge is 0.136 e. The van der Waals surface area contributed by atoms with Crippen LogP contribution >= 0.6 is 0 Å². The van der Waals surface area contributed by atoms with E-state index in [-0.39, 0.29) is 35.7 Å². The summed E-state index contributed by atoms with van der Waals surface area (Å²) < 4.78 is 17.7. The van der Waals surface area contributed by atoms with E-state index in [2.05, 4.69) is 11.8 Å². The highest BCUT2D eigenvalue weighted by Gasteiger charge is 2.91. The molecule has 0 radical (unpaired) electrons. The van der Waals surface area contributed by atoms with E-state index in [1.807, 2.05) is 0 Å². The summed E-state index contributed by atoms with van der Waals surface area (Å²) in [6.45, 7) is 4.05. The van der Waals surface area contributed by atoms with Crippen LogP contribution in [0.3, 0.4) is 0 Å². The van der Waals surface area contributed by atoms with Crippen molar-refractivity contribution in [3.63, 3.8) is 0 Å². The Morgan fingerprint density at radius 2 is 1.84 bits per heavy atom. The molecule has 1 aliphatic heterocycles. The number of nitrogens with zero attached hydrogens (tertiary/aromatic N) is 1. The number of piperidine rings is 1. The Morgan fingerprint density at radius 1 is 1.09 bits per heavy atom. The van der Waals surface area contributed by atoms with Gasteiger partial charge in [0.1, 0.15) is 11.2 Å². The first-order valence-corrected chi connectivity index (χ1v) is 12.3. The van der Waals surface area contributed by atoms with Crippen molar-refractivity contribution in [3.8, 4) is 0 Å². The molecule has 0 unspecified atom stereocenters. The summed E-state index contributed by atoms with van der Waals surface area (Å²) >= 11 is 0. The second kappa shape index (κ2) is 6.66. The molecule has 0 aromatic rings. The molecule has 32 heavy (non-hydrogen) atoms. The van der Waals surface area contributed by atoms with Gasteiger partial charge in [-0.25, -0.2) is 0 Å². The molecule has 5 aliphatic carbocycles. The topological polar surface area (TPSA) is 112 Å². The summed E-state index contributed by atoms with van der Waals surface area (Å²) in [5.41, 5.74) is -4.15. The van der Waals surface area contributed by atoms with Gasteiger partial charge in [0.25, 0.3) is 0 Å². The Bertz CT molecular complexity index is 798. The number of rotatable bonds is 5. The molecule has 1 saturated heterocycles. The number of hydrogen-bond donors (Lipinski definition) is 4. The summed E-state index contributed by atoms with van der Waals surface area (Å²) in [5, 5.41) is 48.5. The van der Waals surface area contributed by atoms with Crippen molar-refractivity contribution in [1.82, 2.24) is 4.90 Å². The van der Waals surface area contributed by atoms with E-state index in [4.69, 9.17) is 14.2 Å². The van der Waals surface area contributed by atoms with Gasteiger partial charge in [0.15, 0.2) is 0 Å². The first-order valence-electron chi connectivity index (χ1n) is 12.3. The molecule has 6 aliphatic rings. The summed E-state index contributed by atoms with van der Waals surface area (Å²) in [4.78, 5) is 2.28. The third-order valence-electron chi connectivity index (χ3n) is 11.2. The number of aliphatic hydroxyl groups excluding tert-OH is 2. The van der Waals surface area contributed by atoms with Crippen molar-refractivity contribution in [1.29, 1.82) is 0 Å². The SMILES string of the molecule is CCN1C[C@]2(COC)CC[C@@H](O)[C@]34[C@@H]5C[C@H]6[C@H](O)[C@@H]5[C@](O)(C[C@@H]6OC)[C@](O)([C@H]13)[C@@H](OC)[C@H]24. The lowest BCUT2D eigenvalue weighted by atomic mass is 9.42. The lowest BCUT2D eigenvalue weighted by Gasteiger charge is -2.69. The second-order valence-electron chi connectivity index (χ2n) is 11.7. The van der Waals surface area contributed by atoms with Crippen molar-refractivity contribution in [2.75, 3.05) is 41.0 Å². The van der Waals surface area contributed by atoms with Crippen molar-refractivity contribution in [2.45, 2.75) is 74.3 Å². The van der Waals surface area contributed by atoms with Gasteiger partial charge in [0, 0.05) is 62.9 Å². The van der Waals surface area contributed by atoms with Gasteiger partial charge in [-0.1, -0.05) is 6.92 Å². The van der Waals surface area contributed by atoms with Crippen LogP contribution in [0.2, 0.25) is 0 Å². The van der Waals surface area contributed by atoms with Crippen LogP contribution in [0, 0.1) is 34.5 Å². The van der Waals surface area contributed by atoms with Crippen molar-refractivity contribution < 1.29 is 34.6 Å². The normalized spacial score (nSPS) is 62.4. The van der Waals surface area contributed by atoms with E-state index in [1.54, 1.807) is 21.3 Å². The number of likely N-dealkylation sites (N-methyl/N-ethyl adjacent to an activating group) is 1. The number of methoxy groups -OCH3 is 3. The summed E-state index contributed by atoms with van der Waals surface area (Å²) in [5.74, 6) is -0.889. The number of fused-ring (bicyclic) bond motifs is 2. The zero-order valence-electron chi connectivity index (χ0n) is 19.6.